The summed E-state index contributed by atoms with van der Waals surface area (Å²) in [4.78, 5) is 26.5. The van der Waals surface area contributed by atoms with Gasteiger partial charge in [0.2, 0.25) is 11.8 Å². The Morgan fingerprint density at radius 3 is 2.77 bits per heavy atom. The second-order valence-corrected chi connectivity index (χ2v) is 6.12. The van der Waals surface area contributed by atoms with Gasteiger partial charge in [0.1, 0.15) is 6.02 Å². The van der Waals surface area contributed by atoms with Gasteiger partial charge >= 0.3 is 0 Å². The summed E-state index contributed by atoms with van der Waals surface area (Å²) in [6.45, 7) is -6.38. The van der Waals surface area contributed by atoms with Crippen molar-refractivity contribution < 1.29 is 24.7 Å². The van der Waals surface area contributed by atoms with E-state index < -0.39 is 78.5 Å². The molecule has 2 fully saturated rings. The average Bonchev–Trinajstić information content (AvgIpc) is 2.82. The molecule has 1 aliphatic heterocycles. The molecule has 0 bridgehead atoms. The minimum atomic E-state index is -3.32. The number of nitriles is 1. The lowest BCUT2D eigenvalue weighted by molar-refractivity contribution is -0.149. The molecule has 1 aromatic carbocycles. The Hall–Kier alpha value is -2.39. The highest BCUT2D eigenvalue weighted by Crippen LogP contribution is 2.28. The fourth-order valence-corrected chi connectivity index (χ4v) is 2.94. The molecule has 0 aromatic heterocycles. The number of carbonyl (C=O) groups is 2. The van der Waals surface area contributed by atoms with E-state index >= 15 is 0 Å². The van der Waals surface area contributed by atoms with Crippen molar-refractivity contribution in [3.8, 4) is 6.07 Å². The third kappa shape index (κ3) is 4.05. The average molecular weight is 366 g/mol. The van der Waals surface area contributed by atoms with Crippen LogP contribution in [0.15, 0.2) is 24.2 Å². The summed E-state index contributed by atoms with van der Waals surface area (Å²) in [6.07, 6.45) is 0.267. The fraction of sp³-hybridized carbons (Fsp3) is 0.550. The second kappa shape index (κ2) is 8.33. The number of hydrogen-bond acceptors (Lipinski definition) is 4. The van der Waals surface area contributed by atoms with Crippen molar-refractivity contribution in [2.45, 2.75) is 57.0 Å². The predicted molar refractivity (Wildman–Crippen MR) is 97.7 cm³/mol. The van der Waals surface area contributed by atoms with Crippen LogP contribution in [0.1, 0.15) is 64.7 Å². The normalized spacial score (nSPS) is 34.8. The minimum absolute atomic E-state index is 0.0680. The van der Waals surface area contributed by atoms with Gasteiger partial charge < -0.3 is 16.0 Å². The molecule has 138 valence electrons. The van der Waals surface area contributed by atoms with E-state index in [1.807, 2.05) is 0 Å². The van der Waals surface area contributed by atoms with Gasteiger partial charge in [-0.15, -0.1) is 0 Å². The van der Waals surface area contributed by atoms with Crippen molar-refractivity contribution in [3.63, 3.8) is 0 Å². The molecule has 1 aliphatic carbocycles. The van der Waals surface area contributed by atoms with Gasteiger partial charge in [-0.1, -0.05) is 31.3 Å². The largest absolute Gasteiger partial charge is 0.350 e. The molecule has 1 saturated heterocycles. The van der Waals surface area contributed by atoms with Crippen LogP contribution in [-0.4, -0.2) is 35.3 Å². The van der Waals surface area contributed by atoms with Crippen molar-refractivity contribution in [2.75, 3.05) is 6.50 Å². The Balaban J connectivity index is 2.01. The van der Waals surface area contributed by atoms with Crippen LogP contribution in [0.25, 0.3) is 0 Å². The van der Waals surface area contributed by atoms with Crippen LogP contribution < -0.4 is 11.1 Å². The van der Waals surface area contributed by atoms with Gasteiger partial charge in [-0.3, -0.25) is 9.59 Å². The number of nitrogens with zero attached hydrogens (tertiary/aromatic N) is 2. The van der Waals surface area contributed by atoms with Crippen molar-refractivity contribution in [1.82, 2.24) is 10.2 Å². The molecule has 26 heavy (non-hydrogen) atoms. The number of likely N-dealkylation sites (tertiary alicyclic amines) is 1. The SMILES string of the molecule is [2H]c1c([2H])c(C([2H])([2H])NC(=O)[C@@]2([2H])N(C(=O)[C@H](N)C3CCCCC3)C([2H])([2H])C2([2H])[2H])c([2H])c([2H])c1C#N. The van der Waals surface area contributed by atoms with Gasteiger partial charge in [-0.25, -0.2) is 0 Å². The third-order valence-electron chi connectivity index (χ3n) is 4.43. The number of benzene rings is 1. The van der Waals surface area contributed by atoms with Gasteiger partial charge in [0.25, 0.3) is 0 Å². The number of nitrogens with one attached hydrogen (secondary N) is 1. The second-order valence-electron chi connectivity index (χ2n) is 6.12. The van der Waals surface area contributed by atoms with Crippen LogP contribution in [0.3, 0.4) is 0 Å². The molecule has 1 aromatic rings. The molecular formula is C20H26N4O2. The lowest BCUT2D eigenvalue weighted by Gasteiger charge is -2.42. The van der Waals surface area contributed by atoms with Crippen LogP contribution in [0, 0.1) is 17.2 Å². The number of rotatable bonds is 5. The van der Waals surface area contributed by atoms with Crippen LogP contribution in [0.5, 0.6) is 0 Å². The van der Waals surface area contributed by atoms with E-state index in [4.69, 9.17) is 26.1 Å². The van der Waals surface area contributed by atoms with E-state index in [-0.39, 0.29) is 10.8 Å². The summed E-state index contributed by atoms with van der Waals surface area (Å²) in [5.41, 5.74) is 4.42. The van der Waals surface area contributed by atoms with Crippen molar-refractivity contribution in [2.24, 2.45) is 11.7 Å². The summed E-state index contributed by atoms with van der Waals surface area (Å²) in [5.74, 6) is -3.34. The summed E-state index contributed by atoms with van der Waals surface area (Å²) < 4.78 is 89.1. The molecule has 6 heteroatoms. The predicted octanol–water partition coefficient (Wildman–Crippen LogP) is 1.68. The standard InChI is InChI=1S/C20H26N4O2/c21-12-14-6-8-15(9-7-14)13-23-19(25)17-10-11-24(17)20(26)18(22)16-4-2-1-3-5-16/h6-9,16-18H,1-5,10-11,13,22H2,(H,23,25)/t17-,18+/m0/s1/i6D,7D,8D,9D,10D2,11D2,13D2,17D. The summed E-state index contributed by atoms with van der Waals surface area (Å²) in [6, 6.07) is -6.87. The first-order chi connectivity index (χ1) is 16.9. The zero-order chi connectivity index (χ0) is 28.3. The molecule has 2 aliphatic rings. The van der Waals surface area contributed by atoms with Crippen LogP contribution in [-0.2, 0) is 16.1 Å². The molecule has 6 nitrogen and oxygen atoms in total. The van der Waals surface area contributed by atoms with Crippen LogP contribution in [0.4, 0.5) is 0 Å². The molecule has 1 heterocycles. The Morgan fingerprint density at radius 2 is 2.12 bits per heavy atom. The van der Waals surface area contributed by atoms with Gasteiger partial charge in [-0.05, 0) is 42.8 Å². The molecule has 2 atom stereocenters. The first kappa shape index (κ1) is 9.01. The van der Waals surface area contributed by atoms with Crippen LogP contribution in [0.2, 0.25) is 0 Å². The van der Waals surface area contributed by atoms with Crippen LogP contribution >= 0.6 is 0 Å². The van der Waals surface area contributed by atoms with E-state index in [9.17, 15) is 9.59 Å². The maximum absolute atomic E-state index is 13.2. The fourth-order valence-electron chi connectivity index (χ4n) is 2.94. The topological polar surface area (TPSA) is 99.2 Å². The number of amides is 2. The lowest BCUT2D eigenvalue weighted by Crippen LogP contribution is -2.62. The Bertz CT molecular complexity index is 1150. The van der Waals surface area contributed by atoms with Gasteiger partial charge in [-0.2, -0.15) is 5.26 Å². The van der Waals surface area contributed by atoms with Gasteiger partial charge in [0, 0.05) is 18.5 Å². The molecule has 3 rings (SSSR count). The number of hydrogen-bond donors (Lipinski definition) is 2. The minimum Gasteiger partial charge on any atom is -0.350 e. The number of nitrogens with two attached hydrogens (primary N) is 1. The third-order valence-corrected chi connectivity index (χ3v) is 4.43. The molecule has 1 saturated carbocycles. The highest BCUT2D eigenvalue weighted by molar-refractivity contribution is 5.91. The number of carbonyl (C=O) groups excluding carboxylic acids is 2. The molecule has 0 unspecified atom stereocenters. The van der Waals surface area contributed by atoms with E-state index in [1.165, 1.54) is 6.07 Å². The highest BCUT2D eigenvalue weighted by atomic mass is 16.2. The highest BCUT2D eigenvalue weighted by Gasteiger charge is 2.41. The van der Waals surface area contributed by atoms with E-state index in [1.54, 1.807) is 5.32 Å². The molecule has 3 N–H and O–H groups in total. The van der Waals surface area contributed by atoms with E-state index in [2.05, 4.69) is 0 Å². The van der Waals surface area contributed by atoms with Crippen molar-refractivity contribution in [1.29, 1.82) is 5.26 Å². The zero-order valence-corrected chi connectivity index (χ0v) is 14.0. The Kier molecular flexibility index (Phi) is 2.88. The maximum Gasteiger partial charge on any atom is 0.243 e. The quantitative estimate of drug-likeness (QED) is 0.829. The van der Waals surface area contributed by atoms with E-state index in [0.29, 0.717) is 12.8 Å². The molecule has 0 spiro atoms. The zero-order valence-electron chi connectivity index (χ0n) is 25.0. The lowest BCUT2D eigenvalue weighted by atomic mass is 9.83. The van der Waals surface area contributed by atoms with Gasteiger partial charge in [0.05, 0.1) is 27.3 Å². The first-order valence-corrected chi connectivity index (χ1v) is 8.32. The molecule has 0 radical (unpaired) electrons. The smallest absolute Gasteiger partial charge is 0.243 e. The van der Waals surface area contributed by atoms with E-state index in [0.717, 1.165) is 19.3 Å². The maximum atomic E-state index is 13.2. The summed E-state index contributed by atoms with van der Waals surface area (Å²) in [5, 5.41) is 10.8. The van der Waals surface area contributed by atoms with Gasteiger partial charge in [0.15, 0.2) is 0 Å². The van der Waals surface area contributed by atoms with Crippen molar-refractivity contribution in [3.05, 3.63) is 35.3 Å². The summed E-state index contributed by atoms with van der Waals surface area (Å²) >= 11 is 0. The Morgan fingerprint density at radius 1 is 1.42 bits per heavy atom. The molecule has 2 amide bonds. The summed E-state index contributed by atoms with van der Waals surface area (Å²) in [7, 11) is 0. The monoisotopic (exact) mass is 365 g/mol. The first-order valence-electron chi connectivity index (χ1n) is 13.8. The Labute approximate surface area is 169 Å². The molecular weight excluding hydrogens is 328 g/mol. The van der Waals surface area contributed by atoms with Crippen molar-refractivity contribution >= 4 is 11.8 Å².